The van der Waals surface area contributed by atoms with E-state index in [1.165, 1.54) is 0 Å². The molecule has 6 nitrogen and oxygen atoms in total. The Morgan fingerprint density at radius 1 is 1.00 bits per heavy atom. The minimum atomic E-state index is -0.498. The maximum Gasteiger partial charge on any atom is 0.410 e. The Hall–Kier alpha value is -2.37. The normalized spacial score (nSPS) is 18.7. The van der Waals surface area contributed by atoms with Gasteiger partial charge in [0.25, 0.3) is 5.91 Å². The van der Waals surface area contributed by atoms with E-state index in [1.807, 2.05) is 51.1 Å². The summed E-state index contributed by atoms with van der Waals surface area (Å²) in [5.41, 5.74) is 0.439. The van der Waals surface area contributed by atoms with Crippen LogP contribution in [-0.2, 0) is 9.53 Å². The van der Waals surface area contributed by atoms with Gasteiger partial charge in [0.15, 0.2) is 0 Å². The molecule has 1 saturated heterocycles. The van der Waals surface area contributed by atoms with E-state index in [2.05, 4.69) is 9.89 Å². The number of carbonyl (C=O) groups excluding carboxylic acids is 2. The highest BCUT2D eigenvalue weighted by Crippen LogP contribution is 2.30. The number of carbonyl (C=O) groups is 2. The van der Waals surface area contributed by atoms with Gasteiger partial charge < -0.3 is 14.5 Å². The van der Waals surface area contributed by atoms with Crippen LogP contribution in [0.5, 0.6) is 0 Å². The molecule has 0 unspecified atom stereocenters. The van der Waals surface area contributed by atoms with Crippen LogP contribution in [-0.4, -0.2) is 59.4 Å². The van der Waals surface area contributed by atoms with E-state index in [0.29, 0.717) is 32.0 Å². The van der Waals surface area contributed by atoms with Gasteiger partial charge in [0.2, 0.25) is 0 Å². The molecule has 0 aromatic heterocycles. The molecule has 0 N–H and O–H groups in total. The van der Waals surface area contributed by atoms with Crippen molar-refractivity contribution in [2.24, 2.45) is 10.9 Å². The lowest BCUT2D eigenvalue weighted by molar-refractivity contribution is -0.119. The highest BCUT2D eigenvalue weighted by Gasteiger charge is 2.32. The standard InChI is InChI=1S/C20H27N3O3/c1-20(2,3)26-19(25)23-13-11-22(12-14-23)17(15-7-5-4-6-8-15)21-18(24)16-9-10-16/h4-8,16H,9-14H2,1-3H3. The Labute approximate surface area is 154 Å². The number of benzene rings is 1. The summed E-state index contributed by atoms with van der Waals surface area (Å²) in [7, 11) is 0. The van der Waals surface area contributed by atoms with Crippen LogP contribution in [0, 0.1) is 5.92 Å². The zero-order chi connectivity index (χ0) is 18.7. The fourth-order valence-corrected chi connectivity index (χ4v) is 2.86. The summed E-state index contributed by atoms with van der Waals surface area (Å²) in [4.78, 5) is 32.7. The van der Waals surface area contributed by atoms with E-state index >= 15 is 0 Å². The molecule has 0 atom stereocenters. The number of amides is 2. The minimum absolute atomic E-state index is 0.0292. The summed E-state index contributed by atoms with van der Waals surface area (Å²) >= 11 is 0. The molecule has 0 spiro atoms. The third-order valence-corrected chi connectivity index (χ3v) is 4.41. The SMILES string of the molecule is CC(C)(C)OC(=O)N1CCN(C(=NC(=O)C2CC2)c2ccccc2)CC1. The molecule has 1 aromatic rings. The molecule has 26 heavy (non-hydrogen) atoms. The summed E-state index contributed by atoms with van der Waals surface area (Å²) in [6.07, 6.45) is 1.60. The topological polar surface area (TPSA) is 62.2 Å². The highest BCUT2D eigenvalue weighted by atomic mass is 16.6. The molecule has 0 bridgehead atoms. The first-order valence-electron chi connectivity index (χ1n) is 9.24. The van der Waals surface area contributed by atoms with Crippen LogP contribution in [0.1, 0.15) is 39.2 Å². The van der Waals surface area contributed by atoms with Crippen LogP contribution < -0.4 is 0 Å². The van der Waals surface area contributed by atoms with E-state index < -0.39 is 5.60 Å². The molecule has 140 valence electrons. The lowest BCUT2D eigenvalue weighted by atomic mass is 10.1. The maximum absolute atomic E-state index is 12.3. The van der Waals surface area contributed by atoms with Gasteiger partial charge in [-0.05, 0) is 33.6 Å². The van der Waals surface area contributed by atoms with Crippen molar-refractivity contribution in [2.75, 3.05) is 26.2 Å². The molecule has 0 radical (unpaired) electrons. The third-order valence-electron chi connectivity index (χ3n) is 4.41. The molecule has 1 aromatic carbocycles. The van der Waals surface area contributed by atoms with E-state index in [1.54, 1.807) is 4.90 Å². The number of rotatable bonds is 2. The van der Waals surface area contributed by atoms with Crippen molar-refractivity contribution in [1.82, 2.24) is 9.80 Å². The average Bonchev–Trinajstić information content (AvgIpc) is 3.44. The first-order valence-corrected chi connectivity index (χ1v) is 9.24. The highest BCUT2D eigenvalue weighted by molar-refractivity contribution is 6.05. The molecule has 2 fully saturated rings. The van der Waals surface area contributed by atoms with Crippen molar-refractivity contribution in [3.63, 3.8) is 0 Å². The smallest absolute Gasteiger partial charge is 0.410 e. The number of nitrogens with zero attached hydrogens (tertiary/aromatic N) is 3. The largest absolute Gasteiger partial charge is 0.444 e. The summed E-state index contributed by atoms with van der Waals surface area (Å²) < 4.78 is 5.45. The second kappa shape index (κ2) is 7.48. The Morgan fingerprint density at radius 3 is 2.12 bits per heavy atom. The van der Waals surface area contributed by atoms with Crippen molar-refractivity contribution in [3.8, 4) is 0 Å². The Kier molecular flexibility index (Phi) is 5.30. The van der Waals surface area contributed by atoms with Gasteiger partial charge in [-0.1, -0.05) is 30.3 Å². The van der Waals surface area contributed by atoms with E-state index in [0.717, 1.165) is 18.4 Å². The van der Waals surface area contributed by atoms with Crippen molar-refractivity contribution >= 4 is 17.8 Å². The van der Waals surface area contributed by atoms with E-state index in [-0.39, 0.29) is 17.9 Å². The summed E-state index contributed by atoms with van der Waals surface area (Å²) in [6.45, 7) is 7.97. The van der Waals surface area contributed by atoms with Crippen LogP contribution in [0.4, 0.5) is 4.79 Å². The minimum Gasteiger partial charge on any atom is -0.444 e. The molecule has 1 aliphatic heterocycles. The number of amidine groups is 1. The predicted octanol–water partition coefficient (Wildman–Crippen LogP) is 2.92. The van der Waals surface area contributed by atoms with Gasteiger partial charge in [0.05, 0.1) is 0 Å². The zero-order valence-corrected chi connectivity index (χ0v) is 15.8. The van der Waals surface area contributed by atoms with Crippen LogP contribution >= 0.6 is 0 Å². The monoisotopic (exact) mass is 357 g/mol. The van der Waals surface area contributed by atoms with Gasteiger partial charge in [0, 0.05) is 37.7 Å². The lowest BCUT2D eigenvalue weighted by Crippen LogP contribution is -2.52. The molecule has 6 heteroatoms. The average molecular weight is 357 g/mol. The first kappa shape index (κ1) is 18.4. The van der Waals surface area contributed by atoms with Gasteiger partial charge >= 0.3 is 6.09 Å². The van der Waals surface area contributed by atoms with Gasteiger partial charge in [-0.25, -0.2) is 4.79 Å². The number of piperazine rings is 1. The summed E-state index contributed by atoms with van der Waals surface area (Å²) in [5.74, 6) is 0.779. The fourth-order valence-electron chi connectivity index (χ4n) is 2.86. The number of ether oxygens (including phenoxy) is 1. The molecular weight excluding hydrogens is 330 g/mol. The molecule has 1 heterocycles. The number of hydrogen-bond donors (Lipinski definition) is 0. The van der Waals surface area contributed by atoms with E-state index in [4.69, 9.17) is 4.74 Å². The Bertz CT molecular complexity index is 682. The van der Waals surface area contributed by atoms with Crippen LogP contribution in [0.15, 0.2) is 35.3 Å². The second-order valence-electron chi connectivity index (χ2n) is 7.87. The van der Waals surface area contributed by atoms with Crippen molar-refractivity contribution < 1.29 is 14.3 Å². The lowest BCUT2D eigenvalue weighted by Gasteiger charge is -2.37. The van der Waals surface area contributed by atoms with Gasteiger partial charge in [-0.15, -0.1) is 0 Å². The molecule has 2 aliphatic rings. The van der Waals surface area contributed by atoms with Crippen molar-refractivity contribution in [3.05, 3.63) is 35.9 Å². The molecule has 3 rings (SSSR count). The maximum atomic E-state index is 12.3. The van der Waals surface area contributed by atoms with Gasteiger partial charge in [-0.3, -0.25) is 4.79 Å². The Morgan fingerprint density at radius 2 is 1.58 bits per heavy atom. The molecule has 1 saturated carbocycles. The summed E-state index contributed by atoms with van der Waals surface area (Å²) in [5, 5.41) is 0. The van der Waals surface area contributed by atoms with Crippen molar-refractivity contribution in [1.29, 1.82) is 0 Å². The zero-order valence-electron chi connectivity index (χ0n) is 15.8. The van der Waals surface area contributed by atoms with E-state index in [9.17, 15) is 9.59 Å². The quantitative estimate of drug-likeness (QED) is 0.603. The molecule has 1 aliphatic carbocycles. The van der Waals surface area contributed by atoms with Crippen molar-refractivity contribution in [2.45, 2.75) is 39.2 Å². The second-order valence-corrected chi connectivity index (χ2v) is 7.87. The summed E-state index contributed by atoms with van der Waals surface area (Å²) in [6, 6.07) is 9.79. The number of hydrogen-bond acceptors (Lipinski definition) is 3. The van der Waals surface area contributed by atoms with Crippen LogP contribution in [0.3, 0.4) is 0 Å². The fraction of sp³-hybridized carbons (Fsp3) is 0.550. The third kappa shape index (κ3) is 4.84. The van der Waals surface area contributed by atoms with Crippen LogP contribution in [0.2, 0.25) is 0 Å². The van der Waals surface area contributed by atoms with Crippen LogP contribution in [0.25, 0.3) is 0 Å². The molecule has 2 amide bonds. The number of aliphatic imine (C=N–C) groups is 1. The molecular formula is C20H27N3O3. The van der Waals surface area contributed by atoms with Gasteiger partial charge in [0.1, 0.15) is 11.4 Å². The first-order chi connectivity index (χ1) is 12.3. The Balaban J connectivity index is 1.69. The predicted molar refractivity (Wildman–Crippen MR) is 100 cm³/mol. The van der Waals surface area contributed by atoms with Gasteiger partial charge in [-0.2, -0.15) is 4.99 Å².